The first-order valence-electron chi connectivity index (χ1n) is 12.9. The van der Waals surface area contributed by atoms with Crippen LogP contribution in [0.15, 0.2) is 36.4 Å². The van der Waals surface area contributed by atoms with Gasteiger partial charge in [0, 0.05) is 38.0 Å². The smallest absolute Gasteiger partial charge is 0.352 e. The summed E-state index contributed by atoms with van der Waals surface area (Å²) in [6.07, 6.45) is -7.83. The van der Waals surface area contributed by atoms with Crippen LogP contribution in [-0.4, -0.2) is 54.3 Å². The SMILES string of the molecule is Cc1cc(F)ccc1[C@@H]1CN(CC(=O)NC2CC2)CC[C@H]1C(=O)N(C)Cc1cc(C(F)(F)F)cc(C(F)(F)F)c1. The number of carbonyl (C=O) groups excluding carboxylic acids is 2. The van der Waals surface area contributed by atoms with Crippen LogP contribution in [-0.2, 0) is 28.5 Å². The molecule has 2 atom stereocenters. The lowest BCUT2D eigenvalue weighted by Crippen LogP contribution is -2.48. The molecule has 2 amide bonds. The second-order valence-electron chi connectivity index (χ2n) is 10.7. The molecule has 2 fully saturated rings. The van der Waals surface area contributed by atoms with Crippen LogP contribution < -0.4 is 5.32 Å². The molecule has 1 saturated carbocycles. The van der Waals surface area contributed by atoms with E-state index in [2.05, 4.69) is 5.32 Å². The molecule has 0 radical (unpaired) electrons. The summed E-state index contributed by atoms with van der Waals surface area (Å²) >= 11 is 0. The number of nitrogens with zero attached hydrogens (tertiary/aromatic N) is 2. The Morgan fingerprint density at radius 3 is 2.15 bits per heavy atom. The van der Waals surface area contributed by atoms with Gasteiger partial charge in [0.25, 0.3) is 0 Å². The standard InChI is InChI=1S/C28H30F7N3O2/c1-16-9-20(29)3-6-22(16)24-14-38(15-25(39)36-21-4-5-21)8-7-23(24)26(40)37(2)13-17-10-18(27(30,31)32)12-19(11-17)28(33,34)35/h3,6,9-12,21,23-24H,4-5,7-8,13-15H2,1-2H3,(H,36,39)/t23-,24+/m1/s1. The van der Waals surface area contributed by atoms with Gasteiger partial charge in [-0.25, -0.2) is 4.39 Å². The first kappa shape index (κ1) is 29.8. The molecule has 5 nitrogen and oxygen atoms in total. The monoisotopic (exact) mass is 573 g/mol. The number of aryl methyl sites for hydroxylation is 1. The van der Waals surface area contributed by atoms with Crippen molar-refractivity contribution in [2.45, 2.75) is 57.0 Å². The van der Waals surface area contributed by atoms with Crippen LogP contribution in [0.1, 0.15) is 53.0 Å². The van der Waals surface area contributed by atoms with Crippen LogP contribution in [0.4, 0.5) is 30.7 Å². The van der Waals surface area contributed by atoms with Crippen LogP contribution >= 0.6 is 0 Å². The molecule has 1 saturated heterocycles. The molecule has 2 aromatic carbocycles. The Balaban J connectivity index is 1.57. The Hall–Kier alpha value is -3.15. The van der Waals surface area contributed by atoms with E-state index in [0.717, 1.165) is 17.7 Å². The van der Waals surface area contributed by atoms with Crippen LogP contribution in [0.2, 0.25) is 0 Å². The van der Waals surface area contributed by atoms with Gasteiger partial charge in [0.05, 0.1) is 17.7 Å². The van der Waals surface area contributed by atoms with Gasteiger partial charge in [0.1, 0.15) is 5.82 Å². The highest BCUT2D eigenvalue weighted by atomic mass is 19.4. The summed E-state index contributed by atoms with van der Waals surface area (Å²) in [4.78, 5) is 29.0. The minimum atomic E-state index is -5.00. The van der Waals surface area contributed by atoms with Crippen molar-refractivity contribution in [3.05, 3.63) is 70.0 Å². The van der Waals surface area contributed by atoms with E-state index in [1.807, 2.05) is 4.90 Å². The summed E-state index contributed by atoms with van der Waals surface area (Å²) in [6, 6.07) is 5.64. The number of carbonyl (C=O) groups is 2. The fourth-order valence-electron chi connectivity index (χ4n) is 5.28. The fraction of sp³-hybridized carbons (Fsp3) is 0.500. The van der Waals surface area contributed by atoms with Crippen molar-refractivity contribution in [3.8, 4) is 0 Å². The number of hydrogen-bond acceptors (Lipinski definition) is 3. The molecule has 1 N–H and O–H groups in total. The minimum absolute atomic E-state index is 0.0494. The molecule has 0 aromatic heterocycles. The van der Waals surface area contributed by atoms with Crippen LogP contribution in [0.5, 0.6) is 0 Å². The maximum Gasteiger partial charge on any atom is 0.416 e. The Morgan fingerprint density at radius 2 is 1.60 bits per heavy atom. The lowest BCUT2D eigenvalue weighted by Gasteiger charge is -2.40. The average molecular weight is 574 g/mol. The molecule has 0 bridgehead atoms. The van der Waals surface area contributed by atoms with E-state index in [9.17, 15) is 40.3 Å². The molecule has 1 aliphatic carbocycles. The van der Waals surface area contributed by atoms with Gasteiger partial charge < -0.3 is 10.2 Å². The molecule has 0 spiro atoms. The van der Waals surface area contributed by atoms with E-state index in [4.69, 9.17) is 0 Å². The number of halogens is 7. The van der Waals surface area contributed by atoms with Gasteiger partial charge in [-0.1, -0.05) is 6.07 Å². The van der Waals surface area contributed by atoms with Crippen molar-refractivity contribution >= 4 is 11.8 Å². The van der Waals surface area contributed by atoms with Crippen LogP contribution in [0.3, 0.4) is 0 Å². The summed E-state index contributed by atoms with van der Waals surface area (Å²) in [5, 5.41) is 2.92. The van der Waals surface area contributed by atoms with Gasteiger partial charge in [0.2, 0.25) is 11.8 Å². The van der Waals surface area contributed by atoms with Crippen molar-refractivity contribution in [2.75, 3.05) is 26.7 Å². The van der Waals surface area contributed by atoms with Gasteiger partial charge >= 0.3 is 12.4 Å². The van der Waals surface area contributed by atoms with Crippen LogP contribution in [0, 0.1) is 18.7 Å². The normalized spacial score (nSPS) is 20.3. The van der Waals surface area contributed by atoms with Gasteiger partial charge in [-0.15, -0.1) is 0 Å². The molecule has 2 aliphatic rings. The lowest BCUT2D eigenvalue weighted by molar-refractivity contribution is -0.143. The number of rotatable bonds is 7. The summed E-state index contributed by atoms with van der Waals surface area (Å²) in [6.45, 7) is 2.04. The lowest BCUT2D eigenvalue weighted by atomic mass is 9.78. The van der Waals surface area contributed by atoms with Crippen molar-refractivity contribution in [2.24, 2.45) is 5.92 Å². The highest BCUT2D eigenvalue weighted by Crippen LogP contribution is 2.38. The van der Waals surface area contributed by atoms with Crippen molar-refractivity contribution in [1.29, 1.82) is 0 Å². The number of nitrogens with one attached hydrogen (secondary N) is 1. The third-order valence-corrected chi connectivity index (χ3v) is 7.40. The first-order chi connectivity index (χ1) is 18.6. The highest BCUT2D eigenvalue weighted by molar-refractivity contribution is 5.81. The predicted octanol–water partition coefficient (Wildman–Crippen LogP) is 5.51. The Labute approximate surface area is 227 Å². The Morgan fingerprint density at radius 1 is 0.975 bits per heavy atom. The van der Waals surface area contributed by atoms with Crippen molar-refractivity contribution in [3.63, 3.8) is 0 Å². The van der Waals surface area contributed by atoms with E-state index >= 15 is 0 Å². The van der Waals surface area contributed by atoms with E-state index in [0.29, 0.717) is 42.8 Å². The molecule has 2 aromatic rings. The zero-order chi connectivity index (χ0) is 29.4. The minimum Gasteiger partial charge on any atom is -0.352 e. The molecule has 40 heavy (non-hydrogen) atoms. The second-order valence-corrected chi connectivity index (χ2v) is 10.7. The third-order valence-electron chi connectivity index (χ3n) is 7.40. The second kappa shape index (κ2) is 11.4. The average Bonchev–Trinajstić information content (AvgIpc) is 3.66. The molecule has 1 aliphatic heterocycles. The van der Waals surface area contributed by atoms with Gasteiger partial charge in [0.15, 0.2) is 0 Å². The number of alkyl halides is 6. The summed E-state index contributed by atoms with van der Waals surface area (Å²) in [5.41, 5.74) is -1.91. The summed E-state index contributed by atoms with van der Waals surface area (Å²) in [5.74, 6) is -2.19. The molecular weight excluding hydrogens is 543 g/mol. The van der Waals surface area contributed by atoms with Crippen molar-refractivity contribution < 1.29 is 40.3 Å². The third kappa shape index (κ3) is 7.32. The molecule has 1 heterocycles. The number of likely N-dealkylation sites (tertiary alicyclic amines) is 1. The topological polar surface area (TPSA) is 52.7 Å². The molecule has 218 valence electrons. The quantitative estimate of drug-likeness (QED) is 0.445. The number of benzene rings is 2. The Bertz CT molecular complexity index is 1230. The molecule has 4 rings (SSSR count). The van der Waals surface area contributed by atoms with E-state index in [-0.39, 0.29) is 30.1 Å². The predicted molar refractivity (Wildman–Crippen MR) is 133 cm³/mol. The largest absolute Gasteiger partial charge is 0.416 e. The molecular formula is C28H30F7N3O2. The van der Waals surface area contributed by atoms with E-state index < -0.39 is 53.6 Å². The molecule has 12 heteroatoms. The maximum absolute atomic E-state index is 13.9. The van der Waals surface area contributed by atoms with E-state index in [1.54, 1.807) is 13.0 Å². The number of amides is 2. The maximum atomic E-state index is 13.9. The molecule has 0 unspecified atom stereocenters. The zero-order valence-electron chi connectivity index (χ0n) is 22.0. The Kier molecular flexibility index (Phi) is 8.49. The first-order valence-corrected chi connectivity index (χ1v) is 12.9. The van der Waals surface area contributed by atoms with Gasteiger partial charge in [-0.05, 0) is 79.8 Å². The number of hydrogen-bond donors (Lipinski definition) is 1. The summed E-state index contributed by atoms with van der Waals surface area (Å²) in [7, 11) is 1.33. The number of piperidine rings is 1. The highest BCUT2D eigenvalue weighted by Gasteiger charge is 2.39. The van der Waals surface area contributed by atoms with Gasteiger partial charge in [-0.3, -0.25) is 14.5 Å². The van der Waals surface area contributed by atoms with E-state index in [1.165, 1.54) is 19.2 Å². The van der Waals surface area contributed by atoms with Crippen LogP contribution in [0.25, 0.3) is 0 Å². The van der Waals surface area contributed by atoms with Crippen molar-refractivity contribution in [1.82, 2.24) is 15.1 Å². The summed E-state index contributed by atoms with van der Waals surface area (Å²) < 4.78 is 93.8. The zero-order valence-corrected chi connectivity index (χ0v) is 22.0. The van der Waals surface area contributed by atoms with Gasteiger partial charge in [-0.2, -0.15) is 26.3 Å². The fourth-order valence-corrected chi connectivity index (χ4v) is 5.28.